The van der Waals surface area contributed by atoms with Crippen molar-refractivity contribution in [2.75, 3.05) is 20.3 Å². The summed E-state index contributed by atoms with van der Waals surface area (Å²) < 4.78 is 5.18. The van der Waals surface area contributed by atoms with Gasteiger partial charge in [-0.15, -0.1) is 0 Å². The maximum atomic E-state index is 11.8. The Morgan fingerprint density at radius 1 is 1.16 bits per heavy atom. The minimum absolute atomic E-state index is 0.123. The molecule has 0 atom stereocenters. The van der Waals surface area contributed by atoms with E-state index in [9.17, 15) is 4.79 Å². The Morgan fingerprint density at radius 2 is 1.92 bits per heavy atom. The molecule has 4 nitrogen and oxygen atoms in total. The first kappa shape index (κ1) is 19.1. The lowest BCUT2D eigenvalue weighted by Gasteiger charge is -2.07. The molecule has 132 valence electrons. The van der Waals surface area contributed by atoms with Crippen molar-refractivity contribution < 1.29 is 14.6 Å². The van der Waals surface area contributed by atoms with Gasteiger partial charge >= 0.3 is 0 Å². The third-order valence-corrected chi connectivity index (χ3v) is 4.60. The van der Waals surface area contributed by atoms with Crippen LogP contribution in [-0.2, 0) is 4.79 Å². The van der Waals surface area contributed by atoms with Crippen LogP contribution in [0.1, 0.15) is 18.4 Å². The van der Waals surface area contributed by atoms with E-state index in [4.69, 9.17) is 9.84 Å². The van der Waals surface area contributed by atoms with Crippen molar-refractivity contribution >= 4 is 23.7 Å². The molecule has 5 heteroatoms. The molecule has 0 aliphatic carbocycles. The second-order valence-corrected chi connectivity index (χ2v) is 6.49. The summed E-state index contributed by atoms with van der Waals surface area (Å²) in [4.78, 5) is 14.0. The quantitative estimate of drug-likeness (QED) is 0.530. The zero-order chi connectivity index (χ0) is 17.9. The normalized spacial score (nSPS) is 10.8. The van der Waals surface area contributed by atoms with E-state index in [0.717, 1.165) is 27.5 Å². The van der Waals surface area contributed by atoms with Gasteiger partial charge in [-0.05, 0) is 54.8 Å². The Morgan fingerprint density at radius 3 is 2.64 bits per heavy atom. The van der Waals surface area contributed by atoms with Gasteiger partial charge in [-0.1, -0.05) is 30.0 Å². The van der Waals surface area contributed by atoms with E-state index in [1.165, 1.54) is 0 Å². The molecule has 0 fully saturated rings. The highest BCUT2D eigenvalue weighted by atomic mass is 32.2. The van der Waals surface area contributed by atoms with E-state index in [0.29, 0.717) is 13.0 Å². The van der Waals surface area contributed by atoms with Crippen LogP contribution in [0.15, 0.2) is 64.4 Å². The molecule has 0 bridgehead atoms. The summed E-state index contributed by atoms with van der Waals surface area (Å²) in [7, 11) is 1.65. The summed E-state index contributed by atoms with van der Waals surface area (Å²) in [5.74, 6) is 0.706. The number of hydrogen-bond acceptors (Lipinski definition) is 4. The number of rotatable bonds is 9. The van der Waals surface area contributed by atoms with Crippen molar-refractivity contribution in [2.24, 2.45) is 0 Å². The molecule has 0 radical (unpaired) electrons. The summed E-state index contributed by atoms with van der Waals surface area (Å²) in [6.07, 6.45) is 4.85. The predicted octanol–water partition coefficient (Wildman–Crippen LogP) is 3.75. The minimum atomic E-state index is -0.123. The van der Waals surface area contributed by atoms with Gasteiger partial charge in [-0.25, -0.2) is 0 Å². The number of ether oxygens (including phenoxy) is 1. The Hall–Kier alpha value is -2.24. The number of hydrogen-bond donors (Lipinski definition) is 2. The number of aliphatic hydroxyl groups excluding tert-OH is 1. The van der Waals surface area contributed by atoms with Gasteiger partial charge in [0.1, 0.15) is 5.75 Å². The van der Waals surface area contributed by atoms with E-state index in [-0.39, 0.29) is 12.5 Å². The standard InChI is InChI=1S/C20H23NO3S/c1-24-17-9-11-18(12-10-17)25-19-7-3-2-6-16(19)8-13-20(23)21-14-4-5-15-22/h2-3,6-13,22H,4-5,14-15H2,1H3,(H,21,23)/b13-8+. The average Bonchev–Trinajstić information content (AvgIpc) is 2.65. The Labute approximate surface area is 152 Å². The third kappa shape index (κ3) is 6.64. The predicted molar refractivity (Wildman–Crippen MR) is 102 cm³/mol. The van der Waals surface area contributed by atoms with Gasteiger partial charge in [-0.3, -0.25) is 4.79 Å². The molecule has 25 heavy (non-hydrogen) atoms. The molecule has 0 heterocycles. The number of methoxy groups -OCH3 is 1. The van der Waals surface area contributed by atoms with Crippen molar-refractivity contribution in [3.05, 3.63) is 60.2 Å². The molecule has 0 saturated heterocycles. The van der Waals surface area contributed by atoms with Crippen molar-refractivity contribution in [3.8, 4) is 5.75 Å². The number of carbonyl (C=O) groups excluding carboxylic acids is 1. The molecule has 0 saturated carbocycles. The van der Waals surface area contributed by atoms with Crippen LogP contribution < -0.4 is 10.1 Å². The van der Waals surface area contributed by atoms with Crippen LogP contribution in [-0.4, -0.2) is 31.3 Å². The summed E-state index contributed by atoms with van der Waals surface area (Å²) >= 11 is 1.64. The molecule has 0 aliphatic rings. The van der Waals surface area contributed by atoms with Gasteiger partial charge in [0.15, 0.2) is 0 Å². The van der Waals surface area contributed by atoms with Crippen LogP contribution in [0.25, 0.3) is 6.08 Å². The van der Waals surface area contributed by atoms with Crippen molar-refractivity contribution in [2.45, 2.75) is 22.6 Å². The number of benzene rings is 2. The lowest BCUT2D eigenvalue weighted by atomic mass is 10.2. The first-order valence-electron chi connectivity index (χ1n) is 8.20. The first-order chi connectivity index (χ1) is 12.2. The molecule has 2 rings (SSSR count). The second kappa shape index (κ2) is 10.6. The SMILES string of the molecule is COc1ccc(Sc2ccccc2/C=C/C(=O)NCCCCO)cc1. The highest BCUT2D eigenvalue weighted by Gasteiger charge is 2.03. The van der Waals surface area contributed by atoms with Crippen molar-refractivity contribution in [1.29, 1.82) is 0 Å². The second-order valence-electron chi connectivity index (χ2n) is 5.37. The number of aliphatic hydroxyl groups is 1. The fraction of sp³-hybridized carbons (Fsp3) is 0.250. The monoisotopic (exact) mass is 357 g/mol. The molecular formula is C20H23NO3S. The van der Waals surface area contributed by atoms with Crippen LogP contribution in [0.4, 0.5) is 0 Å². The summed E-state index contributed by atoms with van der Waals surface area (Å²) in [6.45, 7) is 0.730. The smallest absolute Gasteiger partial charge is 0.243 e. The molecule has 2 N–H and O–H groups in total. The van der Waals surface area contributed by atoms with Crippen LogP contribution in [0.3, 0.4) is 0 Å². The lowest BCUT2D eigenvalue weighted by molar-refractivity contribution is -0.116. The minimum Gasteiger partial charge on any atom is -0.497 e. The number of nitrogens with one attached hydrogen (secondary N) is 1. The van der Waals surface area contributed by atoms with Crippen LogP contribution in [0.5, 0.6) is 5.75 Å². The van der Waals surface area contributed by atoms with E-state index in [1.54, 1.807) is 24.9 Å². The first-order valence-corrected chi connectivity index (χ1v) is 9.02. The molecular weight excluding hydrogens is 334 g/mol. The van der Waals surface area contributed by atoms with Crippen molar-refractivity contribution in [3.63, 3.8) is 0 Å². The zero-order valence-corrected chi connectivity index (χ0v) is 15.1. The highest BCUT2D eigenvalue weighted by Crippen LogP contribution is 2.32. The van der Waals surface area contributed by atoms with E-state index in [1.807, 2.05) is 54.6 Å². The van der Waals surface area contributed by atoms with Crippen molar-refractivity contribution in [1.82, 2.24) is 5.32 Å². The summed E-state index contributed by atoms with van der Waals surface area (Å²) in [5, 5.41) is 11.5. The summed E-state index contributed by atoms with van der Waals surface area (Å²) in [6, 6.07) is 15.8. The number of amides is 1. The van der Waals surface area contributed by atoms with E-state index >= 15 is 0 Å². The fourth-order valence-corrected chi connectivity index (χ4v) is 3.08. The van der Waals surface area contributed by atoms with Crippen LogP contribution >= 0.6 is 11.8 Å². The number of unbranched alkanes of at least 4 members (excludes halogenated alkanes) is 1. The van der Waals surface area contributed by atoms with Crippen LogP contribution in [0.2, 0.25) is 0 Å². The van der Waals surface area contributed by atoms with Gasteiger partial charge in [0.05, 0.1) is 7.11 Å². The fourth-order valence-electron chi connectivity index (χ4n) is 2.15. The topological polar surface area (TPSA) is 58.6 Å². The molecule has 2 aromatic carbocycles. The molecule has 0 aromatic heterocycles. The lowest BCUT2D eigenvalue weighted by Crippen LogP contribution is -2.22. The molecule has 1 amide bonds. The largest absolute Gasteiger partial charge is 0.497 e. The van der Waals surface area contributed by atoms with Gasteiger partial charge in [0.25, 0.3) is 0 Å². The Bertz CT molecular complexity index is 698. The Kier molecular flexibility index (Phi) is 8.09. The average molecular weight is 357 g/mol. The Balaban J connectivity index is 1.99. The van der Waals surface area contributed by atoms with Gasteiger partial charge < -0.3 is 15.2 Å². The molecule has 2 aromatic rings. The van der Waals surface area contributed by atoms with Gasteiger partial charge in [0.2, 0.25) is 5.91 Å². The molecule has 0 spiro atoms. The molecule has 0 unspecified atom stereocenters. The van der Waals surface area contributed by atoms with Gasteiger partial charge in [-0.2, -0.15) is 0 Å². The van der Waals surface area contributed by atoms with E-state index in [2.05, 4.69) is 5.32 Å². The zero-order valence-electron chi connectivity index (χ0n) is 14.3. The third-order valence-electron chi connectivity index (χ3n) is 3.50. The molecule has 0 aliphatic heterocycles. The van der Waals surface area contributed by atoms with E-state index < -0.39 is 0 Å². The maximum absolute atomic E-state index is 11.8. The summed E-state index contributed by atoms with van der Waals surface area (Å²) in [5.41, 5.74) is 0.994. The van der Waals surface area contributed by atoms with Gasteiger partial charge in [0, 0.05) is 29.0 Å². The van der Waals surface area contributed by atoms with Crippen LogP contribution in [0, 0.1) is 0 Å². The number of carbonyl (C=O) groups is 1. The highest BCUT2D eigenvalue weighted by molar-refractivity contribution is 7.99. The maximum Gasteiger partial charge on any atom is 0.243 e.